The van der Waals surface area contributed by atoms with Gasteiger partial charge in [0.15, 0.2) is 5.96 Å². The minimum absolute atomic E-state index is 0. The van der Waals surface area contributed by atoms with Crippen LogP contribution in [0.5, 0.6) is 0 Å². The first-order valence-corrected chi connectivity index (χ1v) is 9.55. The monoisotopic (exact) mass is 497 g/mol. The summed E-state index contributed by atoms with van der Waals surface area (Å²) in [6, 6.07) is 13.1. The number of ether oxygens (including phenoxy) is 1. The minimum Gasteiger partial charge on any atom is -0.379 e. The first-order chi connectivity index (χ1) is 13.2. The standard InChI is InChI=1S/C21H31N5O.HI/c1-22-21(25(3)17-20-5-4-10-24(20)2)23-15-18-6-8-19(9-7-18)16-26-11-13-27-14-12-26;/h4-10H,11-17H2,1-3H3,(H,22,23);1H. The van der Waals surface area contributed by atoms with E-state index >= 15 is 0 Å². The number of aromatic nitrogens is 1. The lowest BCUT2D eigenvalue weighted by Gasteiger charge is -2.26. The molecule has 28 heavy (non-hydrogen) atoms. The van der Waals surface area contributed by atoms with Crippen molar-refractivity contribution in [3.63, 3.8) is 0 Å². The first-order valence-electron chi connectivity index (χ1n) is 9.55. The van der Waals surface area contributed by atoms with Gasteiger partial charge in [-0.25, -0.2) is 0 Å². The van der Waals surface area contributed by atoms with E-state index < -0.39 is 0 Å². The molecule has 0 amide bonds. The number of hydrogen-bond acceptors (Lipinski definition) is 3. The van der Waals surface area contributed by atoms with Crippen molar-refractivity contribution < 1.29 is 4.74 Å². The van der Waals surface area contributed by atoms with E-state index in [4.69, 9.17) is 4.74 Å². The molecule has 1 fully saturated rings. The van der Waals surface area contributed by atoms with Crippen LogP contribution in [0.1, 0.15) is 16.8 Å². The third-order valence-electron chi connectivity index (χ3n) is 5.01. The minimum atomic E-state index is 0. The molecule has 0 radical (unpaired) electrons. The Kier molecular flexibility index (Phi) is 9.27. The van der Waals surface area contributed by atoms with E-state index in [1.165, 1.54) is 16.8 Å². The number of aliphatic imine (C=N–C) groups is 1. The molecule has 1 aliphatic rings. The normalized spacial score (nSPS) is 15.2. The second-order valence-electron chi connectivity index (χ2n) is 7.07. The van der Waals surface area contributed by atoms with E-state index in [9.17, 15) is 0 Å². The SMILES string of the molecule is CN=C(NCc1ccc(CN2CCOCC2)cc1)N(C)Cc1cccn1C.I. The van der Waals surface area contributed by atoms with Gasteiger partial charge in [0.05, 0.1) is 19.8 Å². The Bertz CT molecular complexity index is 738. The van der Waals surface area contributed by atoms with Crippen LogP contribution >= 0.6 is 24.0 Å². The van der Waals surface area contributed by atoms with Crippen molar-refractivity contribution in [2.75, 3.05) is 40.4 Å². The highest BCUT2D eigenvalue weighted by Gasteiger charge is 2.11. The van der Waals surface area contributed by atoms with Crippen molar-refractivity contribution >= 4 is 29.9 Å². The molecule has 154 valence electrons. The number of guanidine groups is 1. The van der Waals surface area contributed by atoms with Gasteiger partial charge in [0.2, 0.25) is 0 Å². The molecule has 6 nitrogen and oxygen atoms in total. The molecule has 1 aliphatic heterocycles. The number of halogens is 1. The van der Waals surface area contributed by atoms with Gasteiger partial charge in [-0.15, -0.1) is 24.0 Å². The molecular formula is C21H32IN5O. The topological polar surface area (TPSA) is 45.0 Å². The van der Waals surface area contributed by atoms with Gasteiger partial charge in [-0.3, -0.25) is 9.89 Å². The van der Waals surface area contributed by atoms with Gasteiger partial charge in [0, 0.05) is 59.2 Å². The highest BCUT2D eigenvalue weighted by molar-refractivity contribution is 14.0. The third kappa shape index (κ3) is 6.49. The fourth-order valence-electron chi connectivity index (χ4n) is 3.32. The summed E-state index contributed by atoms with van der Waals surface area (Å²) in [6.07, 6.45) is 2.07. The Balaban J connectivity index is 0.00000280. The number of benzene rings is 1. The van der Waals surface area contributed by atoms with Crippen LogP contribution in [0.15, 0.2) is 47.6 Å². The molecule has 1 aromatic carbocycles. The summed E-state index contributed by atoms with van der Waals surface area (Å²) >= 11 is 0. The molecule has 1 aromatic heterocycles. The number of nitrogens with one attached hydrogen (secondary N) is 1. The second-order valence-corrected chi connectivity index (χ2v) is 7.07. The zero-order valence-electron chi connectivity index (χ0n) is 17.1. The average molecular weight is 497 g/mol. The Hall–Kier alpha value is -1.58. The third-order valence-corrected chi connectivity index (χ3v) is 5.01. The molecule has 1 N–H and O–H groups in total. The summed E-state index contributed by atoms with van der Waals surface area (Å²) < 4.78 is 7.55. The van der Waals surface area contributed by atoms with Crippen LogP contribution in [0.3, 0.4) is 0 Å². The zero-order valence-corrected chi connectivity index (χ0v) is 19.4. The van der Waals surface area contributed by atoms with Crippen LogP contribution in [0.4, 0.5) is 0 Å². The van der Waals surface area contributed by atoms with Crippen molar-refractivity contribution in [3.05, 3.63) is 59.4 Å². The number of aryl methyl sites for hydroxylation is 1. The molecule has 0 spiro atoms. The van der Waals surface area contributed by atoms with E-state index in [-0.39, 0.29) is 24.0 Å². The number of nitrogens with zero attached hydrogens (tertiary/aromatic N) is 4. The van der Waals surface area contributed by atoms with Gasteiger partial charge in [-0.1, -0.05) is 24.3 Å². The Morgan fingerprint density at radius 1 is 1.14 bits per heavy atom. The maximum Gasteiger partial charge on any atom is 0.194 e. The average Bonchev–Trinajstić information content (AvgIpc) is 3.09. The molecule has 0 aliphatic carbocycles. The van der Waals surface area contributed by atoms with Crippen LogP contribution in [0.25, 0.3) is 0 Å². The van der Waals surface area contributed by atoms with Crippen molar-refractivity contribution in [1.29, 1.82) is 0 Å². The fourth-order valence-corrected chi connectivity index (χ4v) is 3.32. The molecule has 0 unspecified atom stereocenters. The van der Waals surface area contributed by atoms with Gasteiger partial charge < -0.3 is 19.5 Å². The molecular weight excluding hydrogens is 465 g/mol. The van der Waals surface area contributed by atoms with Gasteiger partial charge in [0.1, 0.15) is 0 Å². The van der Waals surface area contributed by atoms with E-state index in [0.717, 1.165) is 51.9 Å². The fraction of sp³-hybridized carbons (Fsp3) is 0.476. The molecule has 0 bridgehead atoms. The quantitative estimate of drug-likeness (QED) is 0.379. The van der Waals surface area contributed by atoms with Crippen LogP contribution < -0.4 is 5.32 Å². The predicted octanol–water partition coefficient (Wildman–Crippen LogP) is 2.68. The molecule has 2 aromatic rings. The van der Waals surface area contributed by atoms with E-state index in [1.54, 1.807) is 0 Å². The second kappa shape index (κ2) is 11.4. The largest absolute Gasteiger partial charge is 0.379 e. The highest BCUT2D eigenvalue weighted by atomic mass is 127. The highest BCUT2D eigenvalue weighted by Crippen LogP contribution is 2.10. The van der Waals surface area contributed by atoms with Gasteiger partial charge in [-0.2, -0.15) is 0 Å². The number of hydrogen-bond donors (Lipinski definition) is 1. The molecule has 3 rings (SSSR count). The van der Waals surface area contributed by atoms with Crippen molar-refractivity contribution in [2.45, 2.75) is 19.6 Å². The van der Waals surface area contributed by atoms with Crippen molar-refractivity contribution in [3.8, 4) is 0 Å². The molecule has 7 heteroatoms. The van der Waals surface area contributed by atoms with Gasteiger partial charge in [0.25, 0.3) is 0 Å². The molecule has 1 saturated heterocycles. The van der Waals surface area contributed by atoms with Crippen molar-refractivity contribution in [2.24, 2.45) is 12.0 Å². The molecule has 2 heterocycles. The van der Waals surface area contributed by atoms with Crippen LogP contribution in [0.2, 0.25) is 0 Å². The maximum absolute atomic E-state index is 5.41. The first kappa shape index (κ1) is 22.7. The number of morpholine rings is 1. The number of rotatable bonds is 6. The van der Waals surface area contributed by atoms with Gasteiger partial charge in [-0.05, 0) is 23.3 Å². The lowest BCUT2D eigenvalue weighted by Crippen LogP contribution is -2.38. The summed E-state index contributed by atoms with van der Waals surface area (Å²) in [5.41, 5.74) is 3.87. The summed E-state index contributed by atoms with van der Waals surface area (Å²) in [5, 5.41) is 3.46. The Morgan fingerprint density at radius 3 is 2.43 bits per heavy atom. The summed E-state index contributed by atoms with van der Waals surface area (Å²) in [7, 11) is 5.96. The van der Waals surface area contributed by atoms with Gasteiger partial charge >= 0.3 is 0 Å². The maximum atomic E-state index is 5.41. The van der Waals surface area contributed by atoms with Crippen LogP contribution in [-0.2, 0) is 31.4 Å². The summed E-state index contributed by atoms with van der Waals surface area (Å²) in [4.78, 5) is 8.99. The predicted molar refractivity (Wildman–Crippen MR) is 125 cm³/mol. The summed E-state index contributed by atoms with van der Waals surface area (Å²) in [5.74, 6) is 0.897. The molecule has 0 saturated carbocycles. The Morgan fingerprint density at radius 2 is 1.82 bits per heavy atom. The lowest BCUT2D eigenvalue weighted by atomic mass is 10.1. The lowest BCUT2D eigenvalue weighted by molar-refractivity contribution is 0.0342. The van der Waals surface area contributed by atoms with Crippen LogP contribution in [-0.4, -0.2) is 60.7 Å². The van der Waals surface area contributed by atoms with Crippen molar-refractivity contribution in [1.82, 2.24) is 19.7 Å². The Labute approximate surface area is 185 Å². The summed E-state index contributed by atoms with van der Waals surface area (Å²) in [6.45, 7) is 6.32. The van der Waals surface area contributed by atoms with E-state index in [2.05, 4.69) is 81.4 Å². The molecule has 0 atom stereocenters. The zero-order chi connectivity index (χ0) is 19.1. The van der Waals surface area contributed by atoms with E-state index in [0.29, 0.717) is 0 Å². The van der Waals surface area contributed by atoms with Crippen LogP contribution in [0, 0.1) is 0 Å². The van der Waals surface area contributed by atoms with E-state index in [1.807, 2.05) is 7.05 Å². The smallest absolute Gasteiger partial charge is 0.194 e.